The number of rotatable bonds is 7. The standard InChI is InChI=1S/C19H24N4O3/c1-6-20-13-8-7-9-14-18(13)23(2)19(21-14)22-17-15(25-4)10-12(24-3)11-16(17)26-5/h7-11,20H,6H2,1-5H3,(H,21,22). The lowest BCUT2D eigenvalue weighted by Crippen LogP contribution is -2.04. The van der Waals surface area contributed by atoms with Crippen LogP contribution in [0.25, 0.3) is 11.0 Å². The van der Waals surface area contributed by atoms with E-state index in [1.54, 1.807) is 33.5 Å². The maximum Gasteiger partial charge on any atom is 0.208 e. The summed E-state index contributed by atoms with van der Waals surface area (Å²) in [6.45, 7) is 2.91. The lowest BCUT2D eigenvalue weighted by Gasteiger charge is -2.16. The minimum Gasteiger partial charge on any atom is -0.496 e. The van der Waals surface area contributed by atoms with E-state index in [1.165, 1.54) is 0 Å². The maximum absolute atomic E-state index is 5.51. The summed E-state index contributed by atoms with van der Waals surface area (Å²) in [5.74, 6) is 2.57. The van der Waals surface area contributed by atoms with Gasteiger partial charge in [0.05, 0.1) is 38.1 Å². The molecule has 2 N–H and O–H groups in total. The molecule has 2 aromatic carbocycles. The van der Waals surface area contributed by atoms with E-state index >= 15 is 0 Å². The summed E-state index contributed by atoms with van der Waals surface area (Å²) in [6, 6.07) is 9.64. The quantitative estimate of drug-likeness (QED) is 0.671. The zero-order valence-electron chi connectivity index (χ0n) is 15.7. The molecule has 0 aliphatic heterocycles. The van der Waals surface area contributed by atoms with Gasteiger partial charge in [0.15, 0.2) is 0 Å². The van der Waals surface area contributed by atoms with Crippen molar-refractivity contribution in [3.63, 3.8) is 0 Å². The molecule has 0 fully saturated rings. The van der Waals surface area contributed by atoms with E-state index < -0.39 is 0 Å². The Hall–Kier alpha value is -3.09. The molecule has 3 aromatic rings. The van der Waals surface area contributed by atoms with Crippen LogP contribution in [0.1, 0.15) is 6.92 Å². The molecular formula is C19H24N4O3. The minimum absolute atomic E-state index is 0.611. The van der Waals surface area contributed by atoms with E-state index in [4.69, 9.17) is 19.2 Å². The van der Waals surface area contributed by atoms with Crippen molar-refractivity contribution in [1.29, 1.82) is 0 Å². The van der Waals surface area contributed by atoms with E-state index in [0.717, 1.165) is 23.3 Å². The molecule has 138 valence electrons. The van der Waals surface area contributed by atoms with Gasteiger partial charge in [0.1, 0.15) is 22.9 Å². The molecule has 0 saturated heterocycles. The largest absolute Gasteiger partial charge is 0.496 e. The summed E-state index contributed by atoms with van der Waals surface area (Å²) in [4.78, 5) is 4.71. The van der Waals surface area contributed by atoms with Crippen molar-refractivity contribution in [2.24, 2.45) is 7.05 Å². The Kier molecular flexibility index (Phi) is 5.06. The van der Waals surface area contributed by atoms with Crippen molar-refractivity contribution in [2.75, 3.05) is 38.5 Å². The highest BCUT2D eigenvalue weighted by Gasteiger charge is 2.17. The zero-order valence-corrected chi connectivity index (χ0v) is 15.7. The van der Waals surface area contributed by atoms with Gasteiger partial charge in [-0.05, 0) is 19.1 Å². The Morgan fingerprint density at radius 3 is 2.31 bits per heavy atom. The third-order valence-electron chi connectivity index (χ3n) is 4.21. The summed E-state index contributed by atoms with van der Waals surface area (Å²) >= 11 is 0. The molecule has 1 heterocycles. The Labute approximate surface area is 152 Å². The van der Waals surface area contributed by atoms with Crippen molar-refractivity contribution in [3.8, 4) is 17.2 Å². The van der Waals surface area contributed by atoms with E-state index in [1.807, 2.05) is 29.8 Å². The number of hydrogen-bond donors (Lipinski definition) is 2. The molecule has 0 radical (unpaired) electrons. The van der Waals surface area contributed by atoms with Crippen LogP contribution in [-0.4, -0.2) is 37.4 Å². The molecule has 3 rings (SSSR count). The number of aryl methyl sites for hydroxylation is 1. The normalized spacial score (nSPS) is 10.7. The Morgan fingerprint density at radius 2 is 1.73 bits per heavy atom. The smallest absolute Gasteiger partial charge is 0.208 e. The third kappa shape index (κ3) is 3.08. The van der Waals surface area contributed by atoms with E-state index in [2.05, 4.69) is 17.6 Å². The maximum atomic E-state index is 5.51. The molecular weight excluding hydrogens is 332 g/mol. The molecule has 1 aromatic heterocycles. The summed E-state index contributed by atoms with van der Waals surface area (Å²) < 4.78 is 18.3. The molecule has 0 unspecified atom stereocenters. The first kappa shape index (κ1) is 17.7. The SMILES string of the molecule is CCNc1cccc2nc(Nc3c(OC)cc(OC)cc3OC)n(C)c12. The topological polar surface area (TPSA) is 69.6 Å². The Balaban J connectivity index is 2.09. The van der Waals surface area contributed by atoms with Crippen LogP contribution in [0.3, 0.4) is 0 Å². The van der Waals surface area contributed by atoms with Gasteiger partial charge in [-0.2, -0.15) is 0 Å². The van der Waals surface area contributed by atoms with Crippen molar-refractivity contribution < 1.29 is 14.2 Å². The zero-order chi connectivity index (χ0) is 18.7. The number of fused-ring (bicyclic) bond motifs is 1. The van der Waals surface area contributed by atoms with Crippen LogP contribution in [0.4, 0.5) is 17.3 Å². The van der Waals surface area contributed by atoms with Crippen LogP contribution < -0.4 is 24.8 Å². The van der Waals surface area contributed by atoms with Crippen LogP contribution in [0.5, 0.6) is 17.2 Å². The number of anilines is 3. The van der Waals surface area contributed by atoms with Gasteiger partial charge in [-0.15, -0.1) is 0 Å². The lowest BCUT2D eigenvalue weighted by molar-refractivity contribution is 0.378. The monoisotopic (exact) mass is 356 g/mol. The van der Waals surface area contributed by atoms with Crippen LogP contribution in [0.2, 0.25) is 0 Å². The summed E-state index contributed by atoms with van der Waals surface area (Å²) in [5, 5.41) is 6.71. The molecule has 0 spiro atoms. The van der Waals surface area contributed by atoms with Gasteiger partial charge in [-0.3, -0.25) is 0 Å². The number of ether oxygens (including phenoxy) is 3. The van der Waals surface area contributed by atoms with E-state index in [9.17, 15) is 0 Å². The van der Waals surface area contributed by atoms with Crippen molar-refractivity contribution in [3.05, 3.63) is 30.3 Å². The molecule has 7 heteroatoms. The van der Waals surface area contributed by atoms with Crippen LogP contribution in [0, 0.1) is 0 Å². The van der Waals surface area contributed by atoms with Gasteiger partial charge >= 0.3 is 0 Å². The summed E-state index contributed by atoms with van der Waals surface area (Å²) in [6.07, 6.45) is 0. The highest BCUT2D eigenvalue weighted by molar-refractivity contribution is 5.91. The second-order valence-corrected chi connectivity index (χ2v) is 5.73. The molecule has 0 atom stereocenters. The van der Waals surface area contributed by atoms with E-state index in [-0.39, 0.29) is 0 Å². The highest BCUT2D eigenvalue weighted by atomic mass is 16.5. The fraction of sp³-hybridized carbons (Fsp3) is 0.316. The van der Waals surface area contributed by atoms with Gasteiger partial charge in [0, 0.05) is 25.7 Å². The molecule has 0 amide bonds. The van der Waals surface area contributed by atoms with Crippen LogP contribution in [0.15, 0.2) is 30.3 Å². The fourth-order valence-corrected chi connectivity index (χ4v) is 2.95. The van der Waals surface area contributed by atoms with E-state index in [0.29, 0.717) is 28.9 Å². The first-order valence-corrected chi connectivity index (χ1v) is 8.39. The van der Waals surface area contributed by atoms with Crippen molar-refractivity contribution >= 4 is 28.4 Å². The van der Waals surface area contributed by atoms with Crippen molar-refractivity contribution in [1.82, 2.24) is 9.55 Å². The number of nitrogens with one attached hydrogen (secondary N) is 2. The van der Waals surface area contributed by atoms with Crippen molar-refractivity contribution in [2.45, 2.75) is 6.92 Å². The number of aromatic nitrogens is 2. The predicted molar refractivity (Wildman–Crippen MR) is 104 cm³/mol. The van der Waals surface area contributed by atoms with Gasteiger partial charge < -0.3 is 29.4 Å². The average molecular weight is 356 g/mol. The summed E-state index contributed by atoms with van der Waals surface area (Å²) in [7, 11) is 6.80. The molecule has 0 aliphatic carbocycles. The molecule has 0 aliphatic rings. The van der Waals surface area contributed by atoms with Crippen LogP contribution in [-0.2, 0) is 7.05 Å². The molecule has 7 nitrogen and oxygen atoms in total. The molecule has 0 bridgehead atoms. The number of imidazole rings is 1. The second kappa shape index (κ2) is 7.43. The minimum atomic E-state index is 0.611. The predicted octanol–water partition coefficient (Wildman–Crippen LogP) is 3.77. The second-order valence-electron chi connectivity index (χ2n) is 5.73. The average Bonchev–Trinajstić information content (AvgIpc) is 2.98. The van der Waals surface area contributed by atoms with Gasteiger partial charge in [-0.1, -0.05) is 6.07 Å². The van der Waals surface area contributed by atoms with Crippen LogP contribution >= 0.6 is 0 Å². The molecule has 0 saturated carbocycles. The number of hydrogen-bond acceptors (Lipinski definition) is 6. The van der Waals surface area contributed by atoms with Gasteiger partial charge in [0.25, 0.3) is 0 Å². The number of nitrogens with zero attached hydrogens (tertiary/aromatic N) is 2. The summed E-state index contributed by atoms with van der Waals surface area (Å²) in [5.41, 5.74) is 3.67. The first-order valence-electron chi connectivity index (χ1n) is 8.39. The number of methoxy groups -OCH3 is 3. The number of para-hydroxylation sites is 1. The Morgan fingerprint density at radius 1 is 1.04 bits per heavy atom. The fourth-order valence-electron chi connectivity index (χ4n) is 2.95. The lowest BCUT2D eigenvalue weighted by atomic mass is 10.2. The van der Waals surface area contributed by atoms with Gasteiger partial charge in [-0.25, -0.2) is 4.98 Å². The third-order valence-corrected chi connectivity index (χ3v) is 4.21. The molecule has 26 heavy (non-hydrogen) atoms. The highest BCUT2D eigenvalue weighted by Crippen LogP contribution is 2.41. The number of benzene rings is 2. The van der Waals surface area contributed by atoms with Gasteiger partial charge in [0.2, 0.25) is 5.95 Å². The first-order chi connectivity index (χ1) is 12.6. The Bertz CT molecular complexity index is 896.